The predicted molar refractivity (Wildman–Crippen MR) is 148 cm³/mol. The van der Waals surface area contributed by atoms with Crippen LogP contribution in [-0.4, -0.2) is 31.1 Å². The Hall–Kier alpha value is -3.71. The molecular weight excluding hydrogens is 536 g/mol. The molecule has 2 N–H and O–H groups in total. The van der Waals surface area contributed by atoms with Crippen LogP contribution in [-0.2, 0) is 21.2 Å². The molecule has 1 saturated carbocycles. The summed E-state index contributed by atoms with van der Waals surface area (Å²) in [7, 11) is -3.55. The molecule has 6 rings (SSSR count). The number of oxazole rings is 1. The van der Waals surface area contributed by atoms with E-state index >= 15 is 0 Å². The molecule has 0 radical (unpaired) electrons. The van der Waals surface area contributed by atoms with Gasteiger partial charge in [-0.2, -0.15) is 5.26 Å². The Morgan fingerprint density at radius 2 is 1.87 bits per heavy atom. The van der Waals surface area contributed by atoms with Gasteiger partial charge in [0.1, 0.15) is 17.1 Å². The number of hydrogen-bond donors (Lipinski definition) is 2. The maximum absolute atomic E-state index is 12.2. The Morgan fingerprint density at radius 3 is 2.62 bits per heavy atom. The Morgan fingerprint density at radius 1 is 1.10 bits per heavy atom. The van der Waals surface area contributed by atoms with E-state index in [1.165, 1.54) is 0 Å². The topological polar surface area (TPSA) is 125 Å². The number of nitrogens with one attached hydrogen (secondary N) is 2. The van der Waals surface area contributed by atoms with E-state index in [9.17, 15) is 18.5 Å². The van der Waals surface area contributed by atoms with Crippen LogP contribution in [0, 0.1) is 11.3 Å². The van der Waals surface area contributed by atoms with E-state index in [-0.39, 0.29) is 12.5 Å². The van der Waals surface area contributed by atoms with Crippen molar-refractivity contribution in [2.75, 3.05) is 6.54 Å². The highest BCUT2D eigenvalue weighted by atomic mass is 35.5. The zero-order chi connectivity index (χ0) is 27.1. The van der Waals surface area contributed by atoms with Crippen molar-refractivity contribution in [1.82, 2.24) is 15.0 Å². The predicted octanol–water partition coefficient (Wildman–Crippen LogP) is 5.26. The van der Waals surface area contributed by atoms with E-state index < -0.39 is 21.2 Å². The number of benzene rings is 3. The Labute approximate surface area is 231 Å². The summed E-state index contributed by atoms with van der Waals surface area (Å²) in [4.78, 5) is 16.9. The minimum atomic E-state index is -3.55. The van der Waals surface area contributed by atoms with Gasteiger partial charge in [-0.15, -0.1) is 0 Å². The number of hydrogen-bond acceptors (Lipinski definition) is 7. The van der Waals surface area contributed by atoms with Crippen molar-refractivity contribution < 1.29 is 17.6 Å². The average molecular weight is 561 g/mol. The van der Waals surface area contributed by atoms with Crippen LogP contribution in [0.5, 0.6) is 0 Å². The van der Waals surface area contributed by atoms with Crippen LogP contribution >= 0.6 is 11.6 Å². The molecule has 1 amide bonds. The monoisotopic (exact) mass is 560 g/mol. The zero-order valence-electron chi connectivity index (χ0n) is 20.9. The second-order valence-corrected chi connectivity index (χ2v) is 12.2. The molecule has 198 valence electrons. The number of carbonyl (C=O) groups excluding carboxylic acids is 1. The molecule has 1 heterocycles. The summed E-state index contributed by atoms with van der Waals surface area (Å²) in [6.45, 7) is 0.308. The molecule has 8 nitrogen and oxygen atoms in total. The first-order valence-corrected chi connectivity index (χ1v) is 14.8. The van der Waals surface area contributed by atoms with Gasteiger partial charge in [-0.3, -0.25) is 9.52 Å². The summed E-state index contributed by atoms with van der Waals surface area (Å²) in [6.07, 6.45) is 2.66. The van der Waals surface area contributed by atoms with Gasteiger partial charge in [0.25, 0.3) is 0 Å². The first kappa shape index (κ1) is 25.6. The molecule has 4 aromatic rings. The molecule has 0 spiro atoms. The lowest BCUT2D eigenvalue weighted by Gasteiger charge is -2.14. The van der Waals surface area contributed by atoms with Gasteiger partial charge in [0, 0.05) is 24.6 Å². The molecule has 0 aliphatic heterocycles. The molecule has 10 heteroatoms. The second-order valence-electron chi connectivity index (χ2n) is 9.90. The SMILES string of the molecule is N#Cc1c2c(cc3nc(-c4cccc(-c5ccccc5)c4Cl)oc13)[C@H](NCCC(=O)NS(=O)(=O)C1CC1)CC2. The quantitative estimate of drug-likeness (QED) is 0.301. The molecule has 2 aliphatic rings. The molecule has 0 bridgehead atoms. The highest BCUT2D eigenvalue weighted by Crippen LogP contribution is 2.41. The lowest BCUT2D eigenvalue weighted by atomic mass is 10.0. The number of sulfonamides is 1. The number of aromatic nitrogens is 1. The Bertz CT molecular complexity index is 1740. The number of amides is 1. The number of rotatable bonds is 8. The van der Waals surface area contributed by atoms with Crippen molar-refractivity contribution in [3.8, 4) is 28.7 Å². The van der Waals surface area contributed by atoms with Crippen LogP contribution in [0.3, 0.4) is 0 Å². The fourth-order valence-electron chi connectivity index (χ4n) is 5.16. The van der Waals surface area contributed by atoms with Crippen LogP contribution in [0.4, 0.5) is 0 Å². The van der Waals surface area contributed by atoms with E-state index in [0.29, 0.717) is 58.9 Å². The number of carbonyl (C=O) groups is 1. The minimum Gasteiger partial charge on any atom is -0.435 e. The summed E-state index contributed by atoms with van der Waals surface area (Å²) in [5.41, 5.74) is 5.75. The molecule has 3 aromatic carbocycles. The lowest BCUT2D eigenvalue weighted by molar-refractivity contribution is -0.119. The molecular formula is C29H25ClN4O4S. The maximum atomic E-state index is 12.2. The van der Waals surface area contributed by atoms with E-state index in [4.69, 9.17) is 21.0 Å². The zero-order valence-corrected chi connectivity index (χ0v) is 22.5. The van der Waals surface area contributed by atoms with Gasteiger partial charge in [-0.05, 0) is 54.5 Å². The molecule has 0 saturated heterocycles. The van der Waals surface area contributed by atoms with Gasteiger partial charge < -0.3 is 9.73 Å². The first-order chi connectivity index (χ1) is 18.9. The second kappa shape index (κ2) is 10.1. The number of nitriles is 1. The van der Waals surface area contributed by atoms with Crippen LogP contribution in [0.25, 0.3) is 33.7 Å². The summed E-state index contributed by atoms with van der Waals surface area (Å²) in [5, 5.41) is 13.4. The largest absolute Gasteiger partial charge is 0.435 e. The van der Waals surface area contributed by atoms with E-state index in [0.717, 1.165) is 28.7 Å². The third-order valence-electron chi connectivity index (χ3n) is 7.27. The van der Waals surface area contributed by atoms with Crippen LogP contribution < -0.4 is 10.0 Å². The van der Waals surface area contributed by atoms with Crippen LogP contribution in [0.2, 0.25) is 5.02 Å². The van der Waals surface area contributed by atoms with Crippen LogP contribution in [0.15, 0.2) is 59.0 Å². The third kappa shape index (κ3) is 4.91. The molecule has 1 aromatic heterocycles. The van der Waals surface area contributed by atoms with Crippen LogP contribution in [0.1, 0.15) is 48.4 Å². The number of halogens is 1. The highest BCUT2D eigenvalue weighted by Gasteiger charge is 2.36. The normalized spacial score (nSPS) is 16.7. The van der Waals surface area contributed by atoms with Crippen molar-refractivity contribution in [2.45, 2.75) is 43.4 Å². The molecule has 39 heavy (non-hydrogen) atoms. The Kier molecular flexibility index (Phi) is 6.63. The van der Waals surface area contributed by atoms with Gasteiger partial charge in [0.05, 0.1) is 15.8 Å². The van der Waals surface area contributed by atoms with Gasteiger partial charge in [-0.25, -0.2) is 13.4 Å². The van der Waals surface area contributed by atoms with E-state index in [2.05, 4.69) is 16.1 Å². The summed E-state index contributed by atoms with van der Waals surface area (Å²) in [6, 6.07) is 19.6. The van der Waals surface area contributed by atoms with Crippen molar-refractivity contribution in [3.05, 3.63) is 76.3 Å². The fraction of sp³-hybridized carbons (Fsp3) is 0.276. The van der Waals surface area contributed by atoms with Gasteiger partial charge in [0.2, 0.25) is 21.8 Å². The molecule has 1 atom stereocenters. The average Bonchev–Trinajstić information content (AvgIpc) is 3.61. The first-order valence-electron chi connectivity index (χ1n) is 12.8. The molecule has 0 unspecified atom stereocenters. The molecule has 2 aliphatic carbocycles. The lowest BCUT2D eigenvalue weighted by Crippen LogP contribution is -2.35. The standard InChI is InChI=1S/C29H25ClN4O4S/c30-27-19(17-5-2-1-3-6-17)7-4-8-21(27)29-33-25-15-22-20(23(16-31)28(25)38-29)11-12-24(22)32-14-13-26(35)34-39(36,37)18-9-10-18/h1-8,15,18,24,32H,9-14H2,(H,34,35)/t24-/m1/s1. The minimum absolute atomic E-state index is 0.0372. The number of fused-ring (bicyclic) bond motifs is 2. The molecule has 1 fully saturated rings. The van der Waals surface area contributed by atoms with Crippen molar-refractivity contribution in [1.29, 1.82) is 5.26 Å². The van der Waals surface area contributed by atoms with Crippen molar-refractivity contribution in [3.63, 3.8) is 0 Å². The van der Waals surface area contributed by atoms with Gasteiger partial charge in [0.15, 0.2) is 5.58 Å². The smallest absolute Gasteiger partial charge is 0.237 e. The van der Waals surface area contributed by atoms with Crippen molar-refractivity contribution in [2.24, 2.45) is 0 Å². The van der Waals surface area contributed by atoms with E-state index in [1.54, 1.807) is 0 Å². The highest BCUT2D eigenvalue weighted by molar-refractivity contribution is 7.90. The summed E-state index contributed by atoms with van der Waals surface area (Å²) in [5.74, 6) is -0.178. The van der Waals surface area contributed by atoms with E-state index in [1.807, 2.05) is 54.6 Å². The maximum Gasteiger partial charge on any atom is 0.237 e. The van der Waals surface area contributed by atoms with Crippen molar-refractivity contribution >= 4 is 38.6 Å². The number of nitrogens with zero attached hydrogens (tertiary/aromatic N) is 2. The van der Waals surface area contributed by atoms with Gasteiger partial charge in [-0.1, -0.05) is 54.1 Å². The summed E-state index contributed by atoms with van der Waals surface area (Å²) < 4.78 is 32.3. The fourth-order valence-corrected chi connectivity index (χ4v) is 6.82. The Balaban J connectivity index is 1.25. The third-order valence-corrected chi connectivity index (χ3v) is 9.54. The van der Waals surface area contributed by atoms with Gasteiger partial charge >= 0.3 is 0 Å². The summed E-state index contributed by atoms with van der Waals surface area (Å²) >= 11 is 6.80.